The highest BCUT2D eigenvalue weighted by Crippen LogP contribution is 2.27. The first-order valence-corrected chi connectivity index (χ1v) is 9.50. The van der Waals surface area contributed by atoms with Crippen LogP contribution < -0.4 is 0 Å². The van der Waals surface area contributed by atoms with Crippen LogP contribution in [0.4, 0.5) is 0 Å². The average molecular weight is 405 g/mol. The molecule has 3 aromatic rings. The fourth-order valence-electron chi connectivity index (χ4n) is 2.99. The molecule has 4 nitrogen and oxygen atoms in total. The normalized spacial score (nSPS) is 11.8. The van der Waals surface area contributed by atoms with E-state index in [1.165, 1.54) is 0 Å². The molecule has 27 heavy (non-hydrogen) atoms. The first-order chi connectivity index (χ1) is 12.6. The number of halogens is 2. The zero-order valence-corrected chi connectivity index (χ0v) is 17.4. The van der Waals surface area contributed by atoms with Gasteiger partial charge in [-0.2, -0.15) is 5.10 Å². The largest absolute Gasteiger partial charge is 0.460 e. The van der Waals surface area contributed by atoms with Crippen LogP contribution in [-0.2, 0) is 22.5 Å². The van der Waals surface area contributed by atoms with E-state index in [0.29, 0.717) is 16.6 Å². The summed E-state index contributed by atoms with van der Waals surface area (Å²) in [5.74, 6) is -0.251. The van der Waals surface area contributed by atoms with Gasteiger partial charge in [0.2, 0.25) is 0 Å². The number of hydrogen-bond donors (Lipinski definition) is 0. The number of ether oxygens (including phenoxy) is 1. The van der Waals surface area contributed by atoms with E-state index in [0.717, 1.165) is 27.7 Å². The van der Waals surface area contributed by atoms with Crippen LogP contribution in [0.1, 0.15) is 37.6 Å². The maximum atomic E-state index is 12.2. The van der Waals surface area contributed by atoms with Crippen molar-refractivity contribution in [2.75, 3.05) is 0 Å². The van der Waals surface area contributed by atoms with Crippen LogP contribution in [-0.4, -0.2) is 21.4 Å². The molecule has 0 aliphatic rings. The number of aryl methyl sites for hydroxylation is 1. The Bertz CT molecular complexity index is 983. The van der Waals surface area contributed by atoms with E-state index in [1.54, 1.807) is 0 Å². The third-order valence-electron chi connectivity index (χ3n) is 4.14. The van der Waals surface area contributed by atoms with Crippen molar-refractivity contribution in [3.8, 4) is 0 Å². The number of aromatic nitrogens is 2. The fraction of sp³-hybridized carbons (Fsp3) is 0.333. The number of fused-ring (bicyclic) bond motifs is 1. The molecule has 0 bridgehead atoms. The molecular weight excluding hydrogens is 383 g/mol. The van der Waals surface area contributed by atoms with Gasteiger partial charge in [0.1, 0.15) is 5.60 Å². The molecule has 0 N–H and O–H groups in total. The zero-order valence-electron chi connectivity index (χ0n) is 15.8. The summed E-state index contributed by atoms with van der Waals surface area (Å²) in [5, 5.41) is 6.87. The van der Waals surface area contributed by atoms with Crippen molar-refractivity contribution in [3.63, 3.8) is 0 Å². The third kappa shape index (κ3) is 4.63. The van der Waals surface area contributed by atoms with Gasteiger partial charge in [-0.1, -0.05) is 41.4 Å². The summed E-state index contributed by atoms with van der Waals surface area (Å²) < 4.78 is 7.29. The molecule has 0 aliphatic carbocycles. The Morgan fingerprint density at radius 2 is 1.81 bits per heavy atom. The lowest BCUT2D eigenvalue weighted by Crippen LogP contribution is -2.24. The van der Waals surface area contributed by atoms with Gasteiger partial charge >= 0.3 is 5.97 Å². The number of hydrogen-bond acceptors (Lipinski definition) is 3. The molecule has 0 unspecified atom stereocenters. The Morgan fingerprint density at radius 3 is 2.44 bits per heavy atom. The van der Waals surface area contributed by atoms with Crippen molar-refractivity contribution in [2.24, 2.45) is 0 Å². The van der Waals surface area contributed by atoms with E-state index in [1.807, 2.05) is 68.8 Å². The molecule has 1 aromatic heterocycles. The Balaban J connectivity index is 1.94. The van der Waals surface area contributed by atoms with Crippen molar-refractivity contribution in [3.05, 3.63) is 63.3 Å². The summed E-state index contributed by atoms with van der Waals surface area (Å²) >= 11 is 12.6. The van der Waals surface area contributed by atoms with Crippen LogP contribution in [0.2, 0.25) is 10.0 Å². The summed E-state index contributed by atoms with van der Waals surface area (Å²) in [5.41, 5.74) is 3.05. The first-order valence-electron chi connectivity index (χ1n) is 8.75. The average Bonchev–Trinajstić information content (AvgIpc) is 2.85. The van der Waals surface area contributed by atoms with Gasteiger partial charge in [-0.15, -0.1) is 0 Å². The van der Waals surface area contributed by atoms with Crippen molar-refractivity contribution in [1.82, 2.24) is 9.78 Å². The quantitative estimate of drug-likeness (QED) is 0.532. The highest BCUT2D eigenvalue weighted by molar-refractivity contribution is 6.36. The minimum absolute atomic E-state index is 0.213. The molecular formula is C21H22Cl2N2O2. The minimum atomic E-state index is -0.500. The van der Waals surface area contributed by atoms with E-state index in [-0.39, 0.29) is 12.4 Å². The van der Waals surface area contributed by atoms with Crippen LogP contribution in [0.3, 0.4) is 0 Å². The van der Waals surface area contributed by atoms with Gasteiger partial charge in [0.05, 0.1) is 24.2 Å². The van der Waals surface area contributed by atoms with Crippen LogP contribution >= 0.6 is 23.2 Å². The number of carbonyl (C=O) groups excluding carboxylic acids is 1. The maximum absolute atomic E-state index is 12.2. The van der Waals surface area contributed by atoms with Gasteiger partial charge in [0.15, 0.2) is 0 Å². The second-order valence-corrected chi connectivity index (χ2v) is 8.37. The monoisotopic (exact) mass is 404 g/mol. The lowest BCUT2D eigenvalue weighted by molar-refractivity contribution is -0.153. The first kappa shape index (κ1) is 19.7. The molecule has 0 amide bonds. The Hall–Kier alpha value is -2.04. The highest BCUT2D eigenvalue weighted by Gasteiger charge is 2.18. The maximum Gasteiger partial charge on any atom is 0.310 e. The van der Waals surface area contributed by atoms with E-state index < -0.39 is 5.60 Å². The van der Waals surface area contributed by atoms with E-state index >= 15 is 0 Å². The number of carbonyl (C=O) groups is 1. The topological polar surface area (TPSA) is 44.1 Å². The SMILES string of the molecule is Cc1nn(Cc2c(Cl)cccc2Cl)c2cc(CC(=O)OC(C)(C)C)ccc12. The number of rotatable bonds is 4. The van der Waals surface area contributed by atoms with Gasteiger partial charge in [-0.05, 0) is 51.5 Å². The fourth-order valence-corrected chi connectivity index (χ4v) is 3.51. The standard InChI is InChI=1S/C21H22Cl2N2O2/c1-13-15-9-8-14(11-20(26)27-21(2,3)4)10-19(15)25(24-13)12-16-17(22)6-5-7-18(16)23/h5-10H,11-12H2,1-4H3. The van der Waals surface area contributed by atoms with Crippen molar-refractivity contribution < 1.29 is 9.53 Å². The molecule has 3 rings (SSSR count). The van der Waals surface area contributed by atoms with Crippen LogP contribution in [0.5, 0.6) is 0 Å². The van der Waals surface area contributed by atoms with Crippen LogP contribution in [0.15, 0.2) is 36.4 Å². The molecule has 0 radical (unpaired) electrons. The molecule has 6 heteroatoms. The predicted octanol–water partition coefficient (Wildman–Crippen LogP) is 5.58. The Kier molecular flexibility index (Phi) is 5.50. The lowest BCUT2D eigenvalue weighted by Gasteiger charge is -2.19. The van der Waals surface area contributed by atoms with Gasteiger partial charge in [-0.3, -0.25) is 9.48 Å². The summed E-state index contributed by atoms with van der Waals surface area (Å²) in [6.45, 7) is 8.00. The van der Waals surface area contributed by atoms with Crippen molar-refractivity contribution >= 4 is 40.1 Å². The lowest BCUT2D eigenvalue weighted by atomic mass is 10.1. The highest BCUT2D eigenvalue weighted by atomic mass is 35.5. The molecule has 1 heterocycles. The summed E-state index contributed by atoms with van der Waals surface area (Å²) in [4.78, 5) is 12.2. The summed E-state index contributed by atoms with van der Waals surface area (Å²) in [6.07, 6.45) is 0.213. The van der Waals surface area contributed by atoms with Gasteiger partial charge in [0.25, 0.3) is 0 Å². The van der Waals surface area contributed by atoms with E-state index in [9.17, 15) is 4.79 Å². The molecule has 142 valence electrons. The number of nitrogens with zero attached hydrogens (tertiary/aromatic N) is 2. The number of esters is 1. The molecule has 0 aliphatic heterocycles. The van der Waals surface area contributed by atoms with Crippen molar-refractivity contribution in [2.45, 2.75) is 46.3 Å². The summed E-state index contributed by atoms with van der Waals surface area (Å²) in [7, 11) is 0. The van der Waals surface area contributed by atoms with E-state index in [2.05, 4.69) is 5.10 Å². The minimum Gasteiger partial charge on any atom is -0.460 e. The predicted molar refractivity (Wildman–Crippen MR) is 110 cm³/mol. The molecule has 0 saturated heterocycles. The molecule has 0 atom stereocenters. The second kappa shape index (κ2) is 7.53. The van der Waals surface area contributed by atoms with Crippen LogP contribution in [0, 0.1) is 6.92 Å². The third-order valence-corrected chi connectivity index (χ3v) is 4.85. The molecule has 2 aromatic carbocycles. The zero-order chi connectivity index (χ0) is 19.8. The smallest absolute Gasteiger partial charge is 0.310 e. The van der Waals surface area contributed by atoms with E-state index in [4.69, 9.17) is 27.9 Å². The number of benzene rings is 2. The van der Waals surface area contributed by atoms with Gasteiger partial charge in [0, 0.05) is 21.0 Å². The Labute approximate surface area is 169 Å². The molecule has 0 saturated carbocycles. The van der Waals surface area contributed by atoms with Crippen LogP contribution in [0.25, 0.3) is 10.9 Å². The van der Waals surface area contributed by atoms with Crippen molar-refractivity contribution in [1.29, 1.82) is 0 Å². The Morgan fingerprint density at radius 1 is 1.15 bits per heavy atom. The molecule has 0 spiro atoms. The van der Waals surface area contributed by atoms with Gasteiger partial charge < -0.3 is 4.74 Å². The van der Waals surface area contributed by atoms with Gasteiger partial charge in [-0.25, -0.2) is 0 Å². The second-order valence-electron chi connectivity index (χ2n) is 7.56. The molecule has 0 fully saturated rings. The summed E-state index contributed by atoms with van der Waals surface area (Å²) in [6, 6.07) is 11.4.